The topological polar surface area (TPSA) is 94.7 Å². The van der Waals surface area contributed by atoms with Gasteiger partial charge in [0.25, 0.3) is 11.5 Å². The number of allylic oxidation sites excluding steroid dienone is 1. The monoisotopic (exact) mass is 543 g/mol. The van der Waals surface area contributed by atoms with Crippen LogP contribution in [0.2, 0.25) is 0 Å². The summed E-state index contributed by atoms with van der Waals surface area (Å²) in [7, 11) is 1.88. The van der Waals surface area contributed by atoms with Gasteiger partial charge in [0.15, 0.2) is 5.76 Å². The molecule has 8 nitrogen and oxygen atoms in total. The van der Waals surface area contributed by atoms with Gasteiger partial charge in [0, 0.05) is 36.7 Å². The minimum absolute atomic E-state index is 0.0165. The standard InChI is InChI=1S/C32H37N3O5/c1-20-30(32(38)35(34(20)2)26-6-4-3-5-7-26)25-16-28(31(37)33-27-15-23-12-13-24(27)14-23)40-29(17-25)39-19-22-10-8-21(18-36)9-11-22/h3-11,16,23-25,27,29,36H,12-15,17-19H2,1-2H3,(H,33,37)/t23?,24?,25-,27?,29+/m0/s1. The summed E-state index contributed by atoms with van der Waals surface area (Å²) in [4.78, 5) is 27.3. The van der Waals surface area contributed by atoms with Crippen LogP contribution in [0.4, 0.5) is 0 Å². The van der Waals surface area contributed by atoms with Crippen molar-refractivity contribution < 1.29 is 19.4 Å². The number of nitrogens with one attached hydrogen (secondary N) is 1. The average molecular weight is 544 g/mol. The van der Waals surface area contributed by atoms with E-state index in [2.05, 4.69) is 5.32 Å². The lowest BCUT2D eigenvalue weighted by atomic mass is 9.92. The maximum Gasteiger partial charge on any atom is 0.286 e. The van der Waals surface area contributed by atoms with Crippen LogP contribution >= 0.6 is 0 Å². The Balaban J connectivity index is 1.28. The highest BCUT2D eigenvalue weighted by atomic mass is 16.7. The van der Waals surface area contributed by atoms with E-state index in [0.29, 0.717) is 23.8 Å². The number of carbonyl (C=O) groups excluding carboxylic acids is 1. The van der Waals surface area contributed by atoms with Crippen LogP contribution in [0.1, 0.15) is 60.4 Å². The van der Waals surface area contributed by atoms with Gasteiger partial charge in [-0.25, -0.2) is 4.68 Å². The number of carbonyl (C=O) groups is 1. The third kappa shape index (κ3) is 5.13. The number of rotatable bonds is 8. The number of ether oxygens (including phenoxy) is 2. The van der Waals surface area contributed by atoms with E-state index in [1.807, 2.05) is 73.3 Å². The second kappa shape index (κ2) is 11.1. The lowest BCUT2D eigenvalue weighted by Crippen LogP contribution is -2.41. The smallest absolute Gasteiger partial charge is 0.286 e. The van der Waals surface area contributed by atoms with E-state index in [-0.39, 0.29) is 42.4 Å². The van der Waals surface area contributed by atoms with Gasteiger partial charge in [0.1, 0.15) is 0 Å². The Morgan fingerprint density at radius 3 is 2.48 bits per heavy atom. The first kappa shape index (κ1) is 26.6. The van der Waals surface area contributed by atoms with Gasteiger partial charge in [0.05, 0.1) is 18.9 Å². The van der Waals surface area contributed by atoms with Crippen LogP contribution in [-0.4, -0.2) is 32.7 Å². The molecule has 8 heteroatoms. The van der Waals surface area contributed by atoms with Crippen molar-refractivity contribution in [1.82, 2.24) is 14.7 Å². The molecule has 6 rings (SSSR count). The molecule has 2 N–H and O–H groups in total. The quantitative estimate of drug-likeness (QED) is 0.444. The zero-order chi connectivity index (χ0) is 27.8. The summed E-state index contributed by atoms with van der Waals surface area (Å²) in [5, 5.41) is 12.6. The van der Waals surface area contributed by atoms with Crippen molar-refractivity contribution in [1.29, 1.82) is 0 Å². The van der Waals surface area contributed by atoms with Crippen LogP contribution in [0.5, 0.6) is 0 Å². The molecule has 210 valence electrons. The summed E-state index contributed by atoms with van der Waals surface area (Å²) in [6.45, 7) is 2.21. The van der Waals surface area contributed by atoms with E-state index in [0.717, 1.165) is 28.9 Å². The maximum atomic E-state index is 13.8. The third-order valence-electron chi connectivity index (χ3n) is 8.95. The number of aliphatic hydroxyl groups excluding tert-OH is 1. The van der Waals surface area contributed by atoms with Crippen molar-refractivity contribution >= 4 is 5.91 Å². The van der Waals surface area contributed by atoms with Gasteiger partial charge in [-0.1, -0.05) is 48.9 Å². The molecule has 2 aliphatic carbocycles. The number of para-hydroxylation sites is 1. The Morgan fingerprint density at radius 1 is 1.05 bits per heavy atom. The molecule has 0 saturated heterocycles. The fourth-order valence-electron chi connectivity index (χ4n) is 6.73. The Labute approximate surface area is 234 Å². The molecule has 2 fully saturated rings. The molecule has 2 aromatic carbocycles. The second-order valence-electron chi connectivity index (χ2n) is 11.4. The number of fused-ring (bicyclic) bond motifs is 2. The number of nitrogens with zero attached hydrogens (tertiary/aromatic N) is 2. The first-order chi connectivity index (χ1) is 19.4. The number of hydrogen-bond donors (Lipinski definition) is 2. The van der Waals surface area contributed by atoms with E-state index in [1.54, 1.807) is 10.8 Å². The van der Waals surface area contributed by atoms with Crippen LogP contribution < -0.4 is 10.9 Å². The van der Waals surface area contributed by atoms with Gasteiger partial charge in [-0.2, -0.15) is 0 Å². The molecule has 3 aromatic rings. The van der Waals surface area contributed by atoms with Crippen molar-refractivity contribution in [2.45, 2.75) is 70.5 Å². The van der Waals surface area contributed by atoms with Crippen LogP contribution in [0, 0.1) is 18.8 Å². The van der Waals surface area contributed by atoms with Crippen LogP contribution in [-0.2, 0) is 34.5 Å². The lowest BCUT2D eigenvalue weighted by Gasteiger charge is -2.30. The fourth-order valence-corrected chi connectivity index (χ4v) is 6.73. The molecule has 0 spiro atoms. The lowest BCUT2D eigenvalue weighted by molar-refractivity contribution is -0.150. The average Bonchev–Trinajstić information content (AvgIpc) is 3.66. The van der Waals surface area contributed by atoms with E-state index in [4.69, 9.17) is 9.47 Å². The van der Waals surface area contributed by atoms with Gasteiger partial charge >= 0.3 is 0 Å². The number of aromatic nitrogens is 2. The van der Waals surface area contributed by atoms with Crippen molar-refractivity contribution in [2.75, 3.05) is 0 Å². The van der Waals surface area contributed by atoms with Crippen molar-refractivity contribution in [3.8, 4) is 5.69 Å². The highest BCUT2D eigenvalue weighted by Gasteiger charge is 2.41. The molecule has 1 aliphatic heterocycles. The van der Waals surface area contributed by atoms with E-state index < -0.39 is 6.29 Å². The summed E-state index contributed by atoms with van der Waals surface area (Å²) in [5.74, 6) is 0.881. The normalized spacial score (nSPS) is 25.5. The second-order valence-corrected chi connectivity index (χ2v) is 11.4. The minimum atomic E-state index is -0.697. The largest absolute Gasteiger partial charge is 0.459 e. The summed E-state index contributed by atoms with van der Waals surface area (Å²) >= 11 is 0. The highest BCUT2D eigenvalue weighted by Crippen LogP contribution is 2.44. The molecule has 2 saturated carbocycles. The predicted octanol–water partition coefficient (Wildman–Crippen LogP) is 4.21. The molecule has 2 bridgehead atoms. The Hall–Kier alpha value is -3.62. The molecule has 40 heavy (non-hydrogen) atoms. The van der Waals surface area contributed by atoms with Crippen molar-refractivity contribution in [2.24, 2.45) is 18.9 Å². The summed E-state index contributed by atoms with van der Waals surface area (Å²) in [6, 6.07) is 17.3. The summed E-state index contributed by atoms with van der Waals surface area (Å²) < 4.78 is 15.8. The van der Waals surface area contributed by atoms with Gasteiger partial charge < -0.3 is 19.9 Å². The van der Waals surface area contributed by atoms with E-state index in [9.17, 15) is 14.7 Å². The summed E-state index contributed by atoms with van der Waals surface area (Å²) in [6.07, 6.45) is 6.16. The Morgan fingerprint density at radius 2 is 1.80 bits per heavy atom. The fraction of sp³-hybridized carbons (Fsp3) is 0.438. The molecule has 5 atom stereocenters. The highest BCUT2D eigenvalue weighted by molar-refractivity contribution is 5.92. The van der Waals surface area contributed by atoms with E-state index >= 15 is 0 Å². The third-order valence-corrected chi connectivity index (χ3v) is 8.95. The van der Waals surface area contributed by atoms with Gasteiger partial charge in [-0.3, -0.25) is 14.3 Å². The Kier molecular flexibility index (Phi) is 7.38. The number of hydrogen-bond acceptors (Lipinski definition) is 5. The maximum absolute atomic E-state index is 13.8. The zero-order valence-corrected chi connectivity index (χ0v) is 23.1. The predicted molar refractivity (Wildman–Crippen MR) is 151 cm³/mol. The molecule has 2 heterocycles. The SMILES string of the molecule is Cc1c([C@H]2C=C(C(=O)NC3CC4CCC3C4)O[C@@H](OCc3ccc(CO)cc3)C2)c(=O)n(-c2ccccc2)n1C. The molecule has 0 radical (unpaired) electrons. The minimum Gasteiger partial charge on any atom is -0.459 e. The summed E-state index contributed by atoms with van der Waals surface area (Å²) in [5.41, 5.74) is 3.91. The molecule has 3 aliphatic rings. The van der Waals surface area contributed by atoms with Crippen molar-refractivity contribution in [3.63, 3.8) is 0 Å². The number of aliphatic hydroxyl groups is 1. The van der Waals surface area contributed by atoms with Gasteiger partial charge in [-0.05, 0) is 67.4 Å². The van der Waals surface area contributed by atoms with Crippen LogP contribution in [0.25, 0.3) is 5.69 Å². The van der Waals surface area contributed by atoms with Crippen LogP contribution in [0.3, 0.4) is 0 Å². The van der Waals surface area contributed by atoms with E-state index in [1.165, 1.54) is 19.3 Å². The molecule has 1 aromatic heterocycles. The first-order valence-corrected chi connectivity index (χ1v) is 14.2. The molecule has 1 amide bonds. The van der Waals surface area contributed by atoms with Gasteiger partial charge in [-0.15, -0.1) is 0 Å². The van der Waals surface area contributed by atoms with Gasteiger partial charge in [0.2, 0.25) is 6.29 Å². The Bertz CT molecular complexity index is 1460. The first-order valence-electron chi connectivity index (χ1n) is 14.2. The molecule has 3 unspecified atom stereocenters. The number of benzene rings is 2. The number of amides is 1. The van der Waals surface area contributed by atoms with Crippen molar-refractivity contribution in [3.05, 3.63) is 99.2 Å². The zero-order valence-electron chi connectivity index (χ0n) is 23.1. The van der Waals surface area contributed by atoms with Crippen LogP contribution in [0.15, 0.2) is 71.2 Å². The molecular formula is C32H37N3O5. The molecular weight excluding hydrogens is 506 g/mol.